The molecule has 7 nitrogen and oxygen atoms in total. The number of nitrogens with one attached hydrogen (secondary N) is 2. The van der Waals surface area contributed by atoms with Crippen molar-refractivity contribution in [2.45, 2.75) is 51.6 Å². The van der Waals surface area contributed by atoms with E-state index in [0.717, 1.165) is 64.3 Å². The third kappa shape index (κ3) is 6.57. The fourth-order valence-corrected chi connectivity index (χ4v) is 4.03. The SMILES string of the molecule is CN=C(NCc1ccnc(N2CCCCCC2)c1)NCC(C)(C)N1CCOCC1. The van der Waals surface area contributed by atoms with E-state index in [2.05, 4.69) is 56.4 Å². The summed E-state index contributed by atoms with van der Waals surface area (Å²) in [5.74, 6) is 1.93. The predicted octanol–water partition coefficient (Wildman–Crippen LogP) is 2.24. The van der Waals surface area contributed by atoms with Gasteiger partial charge in [0.1, 0.15) is 5.82 Å². The summed E-state index contributed by atoms with van der Waals surface area (Å²) in [5.41, 5.74) is 1.28. The number of guanidine groups is 1. The monoisotopic (exact) mass is 402 g/mol. The van der Waals surface area contributed by atoms with Crippen molar-refractivity contribution in [2.24, 2.45) is 4.99 Å². The highest BCUT2D eigenvalue weighted by Gasteiger charge is 2.28. The molecule has 0 spiro atoms. The van der Waals surface area contributed by atoms with E-state index in [1.807, 2.05) is 13.2 Å². The van der Waals surface area contributed by atoms with Gasteiger partial charge in [0.15, 0.2) is 5.96 Å². The summed E-state index contributed by atoms with van der Waals surface area (Å²) in [6.07, 6.45) is 7.12. The molecule has 0 amide bonds. The third-order valence-corrected chi connectivity index (χ3v) is 5.98. The average Bonchev–Trinajstić information content (AvgIpc) is 3.04. The van der Waals surface area contributed by atoms with Crippen LogP contribution in [0.25, 0.3) is 0 Å². The standard InChI is InChI=1S/C22H38N6O/c1-22(2,28-12-14-29-15-13-28)18-26-21(23-3)25-17-19-8-9-24-20(16-19)27-10-6-4-5-7-11-27/h8-9,16H,4-7,10-15,17-18H2,1-3H3,(H2,23,25,26). The second-order valence-electron chi connectivity index (χ2n) is 8.61. The first-order valence-electron chi connectivity index (χ1n) is 11.1. The van der Waals surface area contributed by atoms with Gasteiger partial charge in [-0.2, -0.15) is 0 Å². The van der Waals surface area contributed by atoms with Crippen molar-refractivity contribution in [3.05, 3.63) is 23.9 Å². The van der Waals surface area contributed by atoms with Gasteiger partial charge in [-0.3, -0.25) is 9.89 Å². The van der Waals surface area contributed by atoms with Crippen LogP contribution >= 0.6 is 0 Å². The summed E-state index contributed by atoms with van der Waals surface area (Å²) in [6, 6.07) is 4.29. The summed E-state index contributed by atoms with van der Waals surface area (Å²) in [6.45, 7) is 11.9. The Morgan fingerprint density at radius 2 is 1.83 bits per heavy atom. The van der Waals surface area contributed by atoms with Crippen LogP contribution in [0.2, 0.25) is 0 Å². The van der Waals surface area contributed by atoms with Gasteiger partial charge in [-0.25, -0.2) is 4.98 Å². The minimum Gasteiger partial charge on any atom is -0.379 e. The quantitative estimate of drug-likeness (QED) is 0.562. The average molecular weight is 403 g/mol. The molecule has 2 aliphatic rings. The van der Waals surface area contributed by atoms with Crippen LogP contribution in [0.3, 0.4) is 0 Å². The van der Waals surface area contributed by atoms with Crippen molar-refractivity contribution < 1.29 is 4.74 Å². The predicted molar refractivity (Wildman–Crippen MR) is 120 cm³/mol. The van der Waals surface area contributed by atoms with Gasteiger partial charge >= 0.3 is 0 Å². The minimum absolute atomic E-state index is 0.0536. The molecule has 1 aromatic rings. The van der Waals surface area contributed by atoms with Crippen LogP contribution in [0.4, 0.5) is 5.82 Å². The van der Waals surface area contributed by atoms with Crippen LogP contribution in [0.15, 0.2) is 23.3 Å². The number of pyridine rings is 1. The second-order valence-corrected chi connectivity index (χ2v) is 8.61. The molecule has 3 heterocycles. The smallest absolute Gasteiger partial charge is 0.191 e. The zero-order chi connectivity index (χ0) is 20.5. The fraction of sp³-hybridized carbons (Fsp3) is 0.727. The molecule has 0 atom stereocenters. The number of rotatable bonds is 6. The molecule has 3 rings (SSSR count). The molecule has 0 radical (unpaired) electrons. The van der Waals surface area contributed by atoms with Gasteiger partial charge in [-0.1, -0.05) is 12.8 Å². The van der Waals surface area contributed by atoms with Crippen LogP contribution in [0.1, 0.15) is 45.1 Å². The molecule has 2 saturated heterocycles. The number of aromatic nitrogens is 1. The van der Waals surface area contributed by atoms with Gasteiger partial charge in [0.25, 0.3) is 0 Å². The maximum absolute atomic E-state index is 5.48. The first-order chi connectivity index (χ1) is 14.1. The van der Waals surface area contributed by atoms with E-state index in [-0.39, 0.29) is 5.54 Å². The summed E-state index contributed by atoms with van der Waals surface area (Å²) in [4.78, 5) is 13.9. The number of aliphatic imine (C=N–C) groups is 1. The lowest BCUT2D eigenvalue weighted by atomic mass is 10.0. The zero-order valence-electron chi connectivity index (χ0n) is 18.4. The van der Waals surface area contributed by atoms with Crippen LogP contribution in [-0.2, 0) is 11.3 Å². The number of hydrogen-bond acceptors (Lipinski definition) is 5. The van der Waals surface area contributed by atoms with Crippen molar-refractivity contribution in [1.82, 2.24) is 20.5 Å². The highest BCUT2D eigenvalue weighted by molar-refractivity contribution is 5.79. The van der Waals surface area contributed by atoms with Gasteiger partial charge in [0.2, 0.25) is 0 Å². The zero-order valence-corrected chi connectivity index (χ0v) is 18.4. The van der Waals surface area contributed by atoms with Crippen molar-refractivity contribution in [3.63, 3.8) is 0 Å². The van der Waals surface area contributed by atoms with Gasteiger partial charge in [-0.15, -0.1) is 0 Å². The van der Waals surface area contributed by atoms with Crippen LogP contribution < -0.4 is 15.5 Å². The Labute approximate surface area is 175 Å². The summed E-state index contributed by atoms with van der Waals surface area (Å²) in [5, 5.41) is 6.95. The number of morpholine rings is 1. The van der Waals surface area contributed by atoms with E-state index in [9.17, 15) is 0 Å². The molecule has 1 aromatic heterocycles. The van der Waals surface area contributed by atoms with Crippen molar-refractivity contribution >= 4 is 11.8 Å². The molecule has 2 N–H and O–H groups in total. The largest absolute Gasteiger partial charge is 0.379 e. The van der Waals surface area contributed by atoms with Gasteiger partial charge < -0.3 is 20.3 Å². The van der Waals surface area contributed by atoms with Crippen molar-refractivity contribution in [2.75, 3.05) is 57.9 Å². The first kappa shape index (κ1) is 21.8. The molecule has 0 aliphatic carbocycles. The lowest BCUT2D eigenvalue weighted by molar-refractivity contribution is -0.00834. The Morgan fingerprint density at radius 1 is 1.10 bits per heavy atom. The lowest BCUT2D eigenvalue weighted by Gasteiger charge is -2.41. The summed E-state index contributed by atoms with van der Waals surface area (Å²) in [7, 11) is 1.83. The maximum Gasteiger partial charge on any atom is 0.191 e. The molecule has 0 saturated carbocycles. The Balaban J connectivity index is 1.50. The Morgan fingerprint density at radius 3 is 2.52 bits per heavy atom. The Kier molecular flexibility index (Phi) is 8.12. The van der Waals surface area contributed by atoms with Gasteiger partial charge in [0.05, 0.1) is 13.2 Å². The minimum atomic E-state index is 0.0536. The van der Waals surface area contributed by atoms with Crippen LogP contribution in [0.5, 0.6) is 0 Å². The topological polar surface area (TPSA) is 65.0 Å². The molecule has 2 aliphatic heterocycles. The molecule has 162 valence electrons. The number of ether oxygens (including phenoxy) is 1. The lowest BCUT2D eigenvalue weighted by Crippen LogP contribution is -2.56. The molecular weight excluding hydrogens is 364 g/mol. The van der Waals surface area contributed by atoms with E-state index >= 15 is 0 Å². The van der Waals surface area contributed by atoms with E-state index in [4.69, 9.17) is 4.74 Å². The Hall–Kier alpha value is -1.86. The highest BCUT2D eigenvalue weighted by atomic mass is 16.5. The third-order valence-electron chi connectivity index (χ3n) is 5.98. The molecule has 2 fully saturated rings. The molecule has 0 aromatic carbocycles. The van der Waals surface area contributed by atoms with E-state index in [0.29, 0.717) is 0 Å². The number of nitrogens with zero attached hydrogens (tertiary/aromatic N) is 4. The normalized spacial score (nSPS) is 19.7. The van der Waals surface area contributed by atoms with E-state index in [1.165, 1.54) is 31.2 Å². The molecular formula is C22H38N6O. The number of hydrogen-bond donors (Lipinski definition) is 2. The summed E-state index contributed by atoms with van der Waals surface area (Å²) >= 11 is 0. The van der Waals surface area contributed by atoms with Gasteiger partial charge in [-0.05, 0) is 44.4 Å². The molecule has 29 heavy (non-hydrogen) atoms. The van der Waals surface area contributed by atoms with Gasteiger partial charge in [0, 0.05) is 58.1 Å². The van der Waals surface area contributed by atoms with E-state index in [1.54, 1.807) is 0 Å². The fourth-order valence-electron chi connectivity index (χ4n) is 4.03. The second kappa shape index (κ2) is 10.8. The van der Waals surface area contributed by atoms with Crippen LogP contribution in [-0.4, -0.2) is 74.4 Å². The molecule has 0 bridgehead atoms. The first-order valence-corrected chi connectivity index (χ1v) is 11.1. The molecule has 7 heteroatoms. The highest BCUT2D eigenvalue weighted by Crippen LogP contribution is 2.18. The summed E-state index contributed by atoms with van der Waals surface area (Å²) < 4.78 is 5.48. The number of anilines is 1. The Bertz CT molecular complexity index is 648. The maximum atomic E-state index is 5.48. The molecule has 0 unspecified atom stereocenters. The van der Waals surface area contributed by atoms with Crippen LogP contribution in [0, 0.1) is 0 Å². The van der Waals surface area contributed by atoms with Crippen molar-refractivity contribution in [3.8, 4) is 0 Å². The van der Waals surface area contributed by atoms with Crippen molar-refractivity contribution in [1.29, 1.82) is 0 Å². The van der Waals surface area contributed by atoms with E-state index < -0.39 is 0 Å².